The summed E-state index contributed by atoms with van der Waals surface area (Å²) in [5.74, 6) is 0.974. The molecule has 1 aromatic rings. The smallest absolute Gasteiger partial charge is 0.225 e. The summed E-state index contributed by atoms with van der Waals surface area (Å²) in [4.78, 5) is 11.5. The summed E-state index contributed by atoms with van der Waals surface area (Å²) in [5, 5.41) is 5.82. The minimum atomic E-state index is 0.0354. The molecule has 4 heteroatoms. The quantitative estimate of drug-likeness (QED) is 0.800. The fourth-order valence-corrected chi connectivity index (χ4v) is 1.73. The van der Waals surface area contributed by atoms with Crippen molar-refractivity contribution in [3.05, 3.63) is 23.8 Å². The van der Waals surface area contributed by atoms with E-state index in [0.717, 1.165) is 24.5 Å². The molecule has 4 nitrogen and oxygen atoms in total. The SMILES string of the molecule is CNCCC(=O)Nc1ccc2c(c1)CCO2. The lowest BCUT2D eigenvalue weighted by Gasteiger charge is -2.06. The van der Waals surface area contributed by atoms with Gasteiger partial charge in [-0.15, -0.1) is 0 Å². The van der Waals surface area contributed by atoms with E-state index in [-0.39, 0.29) is 5.91 Å². The summed E-state index contributed by atoms with van der Waals surface area (Å²) < 4.78 is 5.40. The van der Waals surface area contributed by atoms with Crippen LogP contribution in [-0.2, 0) is 11.2 Å². The van der Waals surface area contributed by atoms with Crippen LogP contribution < -0.4 is 15.4 Å². The van der Waals surface area contributed by atoms with E-state index in [1.165, 1.54) is 5.56 Å². The van der Waals surface area contributed by atoms with E-state index >= 15 is 0 Å². The van der Waals surface area contributed by atoms with Gasteiger partial charge in [0.2, 0.25) is 5.91 Å². The molecular weight excluding hydrogens is 204 g/mol. The third-order valence-electron chi connectivity index (χ3n) is 2.58. The predicted octanol–water partition coefficient (Wildman–Crippen LogP) is 1.17. The first-order valence-corrected chi connectivity index (χ1v) is 5.50. The molecule has 0 spiro atoms. The van der Waals surface area contributed by atoms with Gasteiger partial charge in [-0.25, -0.2) is 0 Å². The standard InChI is InChI=1S/C12H16N2O2/c1-13-6-4-12(15)14-10-2-3-11-9(8-10)5-7-16-11/h2-3,8,13H,4-7H2,1H3,(H,14,15). The van der Waals surface area contributed by atoms with Crippen LogP contribution in [-0.4, -0.2) is 26.1 Å². The number of amides is 1. The molecule has 1 aliphatic rings. The molecular formula is C12H16N2O2. The van der Waals surface area contributed by atoms with Crippen LogP contribution >= 0.6 is 0 Å². The van der Waals surface area contributed by atoms with E-state index in [1.54, 1.807) is 0 Å². The highest BCUT2D eigenvalue weighted by molar-refractivity contribution is 5.91. The number of hydrogen-bond donors (Lipinski definition) is 2. The lowest BCUT2D eigenvalue weighted by Crippen LogP contribution is -2.18. The van der Waals surface area contributed by atoms with Crippen molar-refractivity contribution in [1.29, 1.82) is 0 Å². The minimum Gasteiger partial charge on any atom is -0.493 e. The van der Waals surface area contributed by atoms with Crippen LogP contribution in [0.4, 0.5) is 5.69 Å². The van der Waals surface area contributed by atoms with Crippen molar-refractivity contribution in [3.63, 3.8) is 0 Å². The number of carbonyl (C=O) groups excluding carboxylic acids is 1. The third-order valence-corrected chi connectivity index (χ3v) is 2.58. The molecule has 86 valence electrons. The number of anilines is 1. The summed E-state index contributed by atoms with van der Waals surface area (Å²) in [5.41, 5.74) is 2.02. The molecule has 16 heavy (non-hydrogen) atoms. The number of hydrogen-bond acceptors (Lipinski definition) is 3. The average Bonchev–Trinajstić information content (AvgIpc) is 2.73. The van der Waals surface area contributed by atoms with Crippen molar-refractivity contribution in [3.8, 4) is 5.75 Å². The second-order valence-electron chi connectivity index (χ2n) is 3.82. The normalized spacial score (nSPS) is 13.1. The molecule has 0 bridgehead atoms. The number of carbonyl (C=O) groups is 1. The number of benzene rings is 1. The fraction of sp³-hybridized carbons (Fsp3) is 0.417. The summed E-state index contributed by atoms with van der Waals surface area (Å²) in [6, 6.07) is 5.77. The first-order chi connectivity index (χ1) is 7.79. The van der Waals surface area contributed by atoms with Crippen molar-refractivity contribution in [2.24, 2.45) is 0 Å². The van der Waals surface area contributed by atoms with Crippen LogP contribution in [0.25, 0.3) is 0 Å². The van der Waals surface area contributed by atoms with Gasteiger partial charge in [0.1, 0.15) is 5.75 Å². The van der Waals surface area contributed by atoms with Gasteiger partial charge in [-0.05, 0) is 30.8 Å². The van der Waals surface area contributed by atoms with E-state index in [4.69, 9.17) is 4.74 Å². The van der Waals surface area contributed by atoms with Crippen molar-refractivity contribution in [1.82, 2.24) is 5.32 Å². The van der Waals surface area contributed by atoms with Crippen molar-refractivity contribution >= 4 is 11.6 Å². The fourth-order valence-electron chi connectivity index (χ4n) is 1.73. The third kappa shape index (κ3) is 2.52. The molecule has 1 aromatic carbocycles. The van der Waals surface area contributed by atoms with Gasteiger partial charge in [0.15, 0.2) is 0 Å². The average molecular weight is 220 g/mol. The van der Waals surface area contributed by atoms with E-state index in [1.807, 2.05) is 25.2 Å². The summed E-state index contributed by atoms with van der Waals surface area (Å²) in [6.07, 6.45) is 1.42. The summed E-state index contributed by atoms with van der Waals surface area (Å²) in [7, 11) is 1.83. The molecule has 1 aliphatic heterocycles. The number of rotatable bonds is 4. The minimum absolute atomic E-state index is 0.0354. The van der Waals surface area contributed by atoms with Gasteiger partial charge in [-0.2, -0.15) is 0 Å². The predicted molar refractivity (Wildman–Crippen MR) is 62.8 cm³/mol. The highest BCUT2D eigenvalue weighted by Crippen LogP contribution is 2.27. The van der Waals surface area contributed by atoms with Gasteiger partial charge < -0.3 is 15.4 Å². The maximum absolute atomic E-state index is 11.5. The Morgan fingerprint density at radius 3 is 3.19 bits per heavy atom. The molecule has 0 aromatic heterocycles. The monoisotopic (exact) mass is 220 g/mol. The van der Waals surface area contributed by atoms with Crippen LogP contribution in [0, 0.1) is 0 Å². The second-order valence-corrected chi connectivity index (χ2v) is 3.82. The first-order valence-electron chi connectivity index (χ1n) is 5.50. The second kappa shape index (κ2) is 4.99. The topological polar surface area (TPSA) is 50.4 Å². The molecule has 2 rings (SSSR count). The Labute approximate surface area is 95.0 Å². The molecule has 0 fully saturated rings. The van der Waals surface area contributed by atoms with Gasteiger partial charge in [-0.1, -0.05) is 0 Å². The lowest BCUT2D eigenvalue weighted by molar-refractivity contribution is -0.116. The van der Waals surface area contributed by atoms with Crippen molar-refractivity contribution < 1.29 is 9.53 Å². The highest BCUT2D eigenvalue weighted by Gasteiger charge is 2.12. The van der Waals surface area contributed by atoms with Crippen LogP contribution in [0.3, 0.4) is 0 Å². The van der Waals surface area contributed by atoms with Crippen LogP contribution in [0.15, 0.2) is 18.2 Å². The Morgan fingerprint density at radius 2 is 2.38 bits per heavy atom. The molecule has 1 heterocycles. The Morgan fingerprint density at radius 1 is 1.50 bits per heavy atom. The zero-order valence-electron chi connectivity index (χ0n) is 9.38. The maximum Gasteiger partial charge on any atom is 0.225 e. The molecule has 2 N–H and O–H groups in total. The summed E-state index contributed by atoms with van der Waals surface area (Å²) >= 11 is 0. The molecule has 0 saturated carbocycles. The zero-order valence-corrected chi connectivity index (χ0v) is 9.38. The van der Waals surface area contributed by atoms with Gasteiger partial charge in [-0.3, -0.25) is 4.79 Å². The Balaban J connectivity index is 1.97. The Bertz CT molecular complexity index is 391. The molecule has 0 unspecified atom stereocenters. The van der Waals surface area contributed by atoms with Crippen LogP contribution in [0.2, 0.25) is 0 Å². The molecule has 0 radical (unpaired) electrons. The first kappa shape index (κ1) is 11.0. The van der Waals surface area contributed by atoms with E-state index in [9.17, 15) is 4.79 Å². The lowest BCUT2D eigenvalue weighted by atomic mass is 10.1. The molecule has 0 atom stereocenters. The van der Waals surface area contributed by atoms with Crippen molar-refractivity contribution in [2.75, 3.05) is 25.5 Å². The largest absolute Gasteiger partial charge is 0.493 e. The number of ether oxygens (including phenoxy) is 1. The van der Waals surface area contributed by atoms with Crippen LogP contribution in [0.5, 0.6) is 5.75 Å². The van der Waals surface area contributed by atoms with Crippen LogP contribution in [0.1, 0.15) is 12.0 Å². The Hall–Kier alpha value is -1.55. The van der Waals surface area contributed by atoms with Gasteiger partial charge >= 0.3 is 0 Å². The van der Waals surface area contributed by atoms with Gasteiger partial charge in [0.25, 0.3) is 0 Å². The van der Waals surface area contributed by atoms with Gasteiger partial charge in [0, 0.05) is 25.1 Å². The summed E-state index contributed by atoms with van der Waals surface area (Å²) in [6.45, 7) is 1.44. The zero-order chi connectivity index (χ0) is 11.4. The van der Waals surface area contributed by atoms with E-state index in [2.05, 4.69) is 10.6 Å². The van der Waals surface area contributed by atoms with E-state index in [0.29, 0.717) is 13.0 Å². The number of fused-ring (bicyclic) bond motifs is 1. The van der Waals surface area contributed by atoms with E-state index < -0.39 is 0 Å². The van der Waals surface area contributed by atoms with Crippen molar-refractivity contribution in [2.45, 2.75) is 12.8 Å². The Kier molecular flexibility index (Phi) is 3.41. The molecule has 0 aliphatic carbocycles. The molecule has 1 amide bonds. The number of nitrogens with one attached hydrogen (secondary N) is 2. The molecule has 0 saturated heterocycles. The van der Waals surface area contributed by atoms with Gasteiger partial charge in [0.05, 0.1) is 6.61 Å². The highest BCUT2D eigenvalue weighted by atomic mass is 16.5. The maximum atomic E-state index is 11.5.